The molecule has 0 radical (unpaired) electrons. The third-order valence-corrected chi connectivity index (χ3v) is 3.73. The molecular formula is C21H24N2O. The van der Waals surface area contributed by atoms with Crippen LogP contribution in [0.5, 0.6) is 0 Å². The molecule has 0 atom stereocenters. The quantitative estimate of drug-likeness (QED) is 0.610. The second-order valence-electron chi connectivity index (χ2n) is 5.44. The molecule has 0 aliphatic heterocycles. The van der Waals surface area contributed by atoms with Crippen molar-refractivity contribution in [3.63, 3.8) is 0 Å². The highest BCUT2D eigenvalue weighted by Crippen LogP contribution is 2.30. The minimum Gasteiger partial charge on any atom is -0.412 e. The maximum Gasteiger partial charge on any atom is 0.0632 e. The highest BCUT2D eigenvalue weighted by Gasteiger charge is 2.17. The molecule has 3 rings (SSSR count). The lowest BCUT2D eigenvalue weighted by atomic mass is 10.2. The molecule has 0 bridgehead atoms. The predicted octanol–water partition coefficient (Wildman–Crippen LogP) is 4.83. The Bertz CT molecular complexity index is 662. The number of hydrazine groups is 1. The Morgan fingerprint density at radius 3 is 1.33 bits per heavy atom. The molecule has 0 aliphatic carbocycles. The van der Waals surface area contributed by atoms with Crippen molar-refractivity contribution in [2.75, 3.05) is 16.6 Å². The molecule has 2 N–H and O–H groups in total. The van der Waals surface area contributed by atoms with Crippen LogP contribution in [-0.4, -0.2) is 12.0 Å². The molecule has 0 fully saturated rings. The van der Waals surface area contributed by atoms with Crippen LogP contribution in [0.15, 0.2) is 91.0 Å². The van der Waals surface area contributed by atoms with Crippen LogP contribution in [0.1, 0.15) is 13.3 Å². The largest absolute Gasteiger partial charge is 0.412 e. The van der Waals surface area contributed by atoms with E-state index in [0.717, 1.165) is 24.3 Å². The van der Waals surface area contributed by atoms with Gasteiger partial charge in [-0.15, -0.1) is 0 Å². The molecule has 0 unspecified atom stereocenters. The third-order valence-electron chi connectivity index (χ3n) is 3.73. The summed E-state index contributed by atoms with van der Waals surface area (Å²) in [6, 6.07) is 31.6. The molecule has 0 saturated carbocycles. The average Bonchev–Trinajstić information content (AvgIpc) is 2.64. The SMILES string of the molecule is CCCN(c1ccccc1)N(c1ccccc1)c1ccccc1.O. The Labute approximate surface area is 144 Å². The van der Waals surface area contributed by atoms with E-state index < -0.39 is 0 Å². The summed E-state index contributed by atoms with van der Waals surface area (Å²) >= 11 is 0. The molecule has 0 aliphatic rings. The standard InChI is InChI=1S/C21H22N2.H2O/c1-2-18-22(19-12-6-3-7-13-19)23(20-14-8-4-9-15-20)21-16-10-5-11-17-21;/h3-17H,2,18H2,1H3;1H2. The molecule has 0 heterocycles. The van der Waals surface area contributed by atoms with E-state index in [4.69, 9.17) is 0 Å². The lowest BCUT2D eigenvalue weighted by Crippen LogP contribution is -2.40. The molecule has 3 heteroatoms. The first-order valence-electron chi connectivity index (χ1n) is 8.13. The molecule has 3 aromatic rings. The van der Waals surface area contributed by atoms with Crippen molar-refractivity contribution in [3.8, 4) is 0 Å². The summed E-state index contributed by atoms with van der Waals surface area (Å²) in [5, 5.41) is 4.63. The van der Waals surface area contributed by atoms with E-state index >= 15 is 0 Å². The zero-order valence-corrected chi connectivity index (χ0v) is 14.0. The maximum atomic E-state index is 2.34. The zero-order chi connectivity index (χ0) is 15.9. The topological polar surface area (TPSA) is 38.0 Å². The fourth-order valence-electron chi connectivity index (χ4n) is 2.72. The summed E-state index contributed by atoms with van der Waals surface area (Å²) in [6.45, 7) is 3.16. The first kappa shape index (κ1) is 17.6. The van der Waals surface area contributed by atoms with E-state index in [1.54, 1.807) is 0 Å². The van der Waals surface area contributed by atoms with E-state index in [1.807, 2.05) is 0 Å². The van der Waals surface area contributed by atoms with Crippen LogP contribution < -0.4 is 10.0 Å². The summed E-state index contributed by atoms with van der Waals surface area (Å²) in [6.07, 6.45) is 1.07. The van der Waals surface area contributed by atoms with Crippen molar-refractivity contribution >= 4 is 17.1 Å². The van der Waals surface area contributed by atoms with Crippen LogP contribution in [0.3, 0.4) is 0 Å². The minimum atomic E-state index is 0. The molecule has 0 amide bonds. The lowest BCUT2D eigenvalue weighted by Gasteiger charge is -2.38. The van der Waals surface area contributed by atoms with Gasteiger partial charge < -0.3 is 5.48 Å². The van der Waals surface area contributed by atoms with Gasteiger partial charge >= 0.3 is 0 Å². The molecule has 0 saturated heterocycles. The number of nitrogens with zero attached hydrogens (tertiary/aromatic N) is 2. The van der Waals surface area contributed by atoms with Gasteiger partial charge in [-0.1, -0.05) is 61.5 Å². The molecule has 124 valence electrons. The summed E-state index contributed by atoms with van der Waals surface area (Å²) in [5.41, 5.74) is 3.52. The van der Waals surface area contributed by atoms with Gasteiger partial charge in [0.2, 0.25) is 0 Å². The van der Waals surface area contributed by atoms with E-state index in [1.165, 1.54) is 5.69 Å². The monoisotopic (exact) mass is 320 g/mol. The first-order valence-corrected chi connectivity index (χ1v) is 8.13. The Morgan fingerprint density at radius 2 is 0.958 bits per heavy atom. The van der Waals surface area contributed by atoms with Crippen LogP contribution in [0.4, 0.5) is 17.1 Å². The molecule has 3 aromatic carbocycles. The number of rotatable bonds is 6. The molecule has 0 spiro atoms. The van der Waals surface area contributed by atoms with Crippen molar-refractivity contribution in [1.29, 1.82) is 0 Å². The Balaban J connectivity index is 0.00000208. The van der Waals surface area contributed by atoms with Crippen LogP contribution >= 0.6 is 0 Å². The smallest absolute Gasteiger partial charge is 0.0632 e. The number of hydrogen-bond donors (Lipinski definition) is 0. The van der Waals surface area contributed by atoms with Gasteiger partial charge in [0.15, 0.2) is 0 Å². The number of para-hydroxylation sites is 3. The van der Waals surface area contributed by atoms with Crippen molar-refractivity contribution in [2.45, 2.75) is 13.3 Å². The Morgan fingerprint density at radius 1 is 0.583 bits per heavy atom. The Kier molecular flexibility index (Phi) is 6.41. The Hall–Kier alpha value is -2.78. The van der Waals surface area contributed by atoms with E-state index in [2.05, 4.69) is 108 Å². The molecule has 24 heavy (non-hydrogen) atoms. The van der Waals surface area contributed by atoms with Gasteiger partial charge in [-0.05, 0) is 42.8 Å². The second kappa shape index (κ2) is 8.75. The number of benzene rings is 3. The van der Waals surface area contributed by atoms with Gasteiger partial charge in [0, 0.05) is 6.54 Å². The van der Waals surface area contributed by atoms with Crippen molar-refractivity contribution in [3.05, 3.63) is 91.0 Å². The minimum absolute atomic E-state index is 0. The summed E-state index contributed by atoms with van der Waals surface area (Å²) in [7, 11) is 0. The van der Waals surface area contributed by atoms with E-state index in [-0.39, 0.29) is 5.48 Å². The van der Waals surface area contributed by atoms with Gasteiger partial charge in [-0.3, -0.25) is 10.0 Å². The van der Waals surface area contributed by atoms with E-state index in [0.29, 0.717) is 0 Å². The van der Waals surface area contributed by atoms with Gasteiger partial charge in [-0.2, -0.15) is 0 Å². The van der Waals surface area contributed by atoms with Crippen molar-refractivity contribution < 1.29 is 5.48 Å². The van der Waals surface area contributed by atoms with Gasteiger partial charge in [0.05, 0.1) is 17.1 Å². The molecule has 0 aromatic heterocycles. The fourth-order valence-corrected chi connectivity index (χ4v) is 2.72. The predicted molar refractivity (Wildman–Crippen MR) is 103 cm³/mol. The van der Waals surface area contributed by atoms with Crippen LogP contribution in [0.25, 0.3) is 0 Å². The normalized spacial score (nSPS) is 9.88. The van der Waals surface area contributed by atoms with Gasteiger partial charge in [0.1, 0.15) is 0 Å². The van der Waals surface area contributed by atoms with Gasteiger partial charge in [-0.25, -0.2) is 0 Å². The lowest BCUT2D eigenvalue weighted by molar-refractivity contribution is 0.777. The highest BCUT2D eigenvalue weighted by atomic mass is 16.0. The first-order chi connectivity index (χ1) is 11.4. The van der Waals surface area contributed by atoms with Crippen LogP contribution in [-0.2, 0) is 0 Å². The van der Waals surface area contributed by atoms with Crippen molar-refractivity contribution in [2.24, 2.45) is 0 Å². The summed E-state index contributed by atoms with van der Waals surface area (Å²) in [4.78, 5) is 0. The third kappa shape index (κ3) is 3.94. The summed E-state index contributed by atoms with van der Waals surface area (Å²) < 4.78 is 0. The molecular weight excluding hydrogens is 296 g/mol. The second-order valence-corrected chi connectivity index (χ2v) is 5.44. The van der Waals surface area contributed by atoms with E-state index in [9.17, 15) is 0 Å². The zero-order valence-electron chi connectivity index (χ0n) is 14.0. The van der Waals surface area contributed by atoms with Gasteiger partial charge in [0.25, 0.3) is 0 Å². The molecule has 3 nitrogen and oxygen atoms in total. The average molecular weight is 320 g/mol. The van der Waals surface area contributed by atoms with Crippen molar-refractivity contribution in [1.82, 2.24) is 0 Å². The van der Waals surface area contributed by atoms with Crippen LogP contribution in [0.2, 0.25) is 0 Å². The maximum absolute atomic E-state index is 2.34. The number of hydrogen-bond acceptors (Lipinski definition) is 2. The highest BCUT2D eigenvalue weighted by molar-refractivity contribution is 5.69. The summed E-state index contributed by atoms with van der Waals surface area (Å²) in [5.74, 6) is 0. The van der Waals surface area contributed by atoms with Crippen LogP contribution in [0, 0.1) is 0 Å². The number of anilines is 3. The fraction of sp³-hybridized carbons (Fsp3) is 0.143.